The third-order valence-corrected chi connectivity index (χ3v) is 5.05. The number of nitrogens with zero attached hydrogens (tertiary/aromatic N) is 2. The highest BCUT2D eigenvalue weighted by Gasteiger charge is 2.24. The highest BCUT2D eigenvalue weighted by molar-refractivity contribution is 6.31. The zero-order chi connectivity index (χ0) is 22.0. The van der Waals surface area contributed by atoms with Gasteiger partial charge in [-0.05, 0) is 23.8 Å². The van der Waals surface area contributed by atoms with E-state index in [-0.39, 0.29) is 16.3 Å². The normalized spacial score (nSPS) is 10.7. The number of aromatic nitrogens is 2. The molecule has 154 valence electrons. The molecule has 5 nitrogen and oxygen atoms in total. The minimum atomic E-state index is -0.637. The number of nitrogens with one attached hydrogen (secondary N) is 1. The highest BCUT2D eigenvalue weighted by atomic mass is 35.5. The van der Waals surface area contributed by atoms with Crippen LogP contribution in [0, 0.1) is 5.82 Å². The van der Waals surface area contributed by atoms with Crippen molar-refractivity contribution in [2.24, 2.45) is 7.05 Å². The van der Waals surface area contributed by atoms with E-state index in [0.717, 1.165) is 16.3 Å². The molecule has 0 aliphatic carbocycles. The predicted molar refractivity (Wildman–Crippen MR) is 120 cm³/mol. The summed E-state index contributed by atoms with van der Waals surface area (Å²) in [4.78, 5) is 26.3. The Bertz CT molecular complexity index is 1320. The minimum Gasteiger partial charge on any atom is -0.322 e. The summed E-state index contributed by atoms with van der Waals surface area (Å²) >= 11 is 5.83. The monoisotopic (exact) mass is 433 g/mol. The van der Waals surface area contributed by atoms with Crippen LogP contribution >= 0.6 is 11.6 Å². The van der Waals surface area contributed by atoms with Crippen molar-refractivity contribution in [3.63, 3.8) is 0 Å². The minimum absolute atomic E-state index is 0.0667. The van der Waals surface area contributed by atoms with Gasteiger partial charge in [0.1, 0.15) is 11.4 Å². The fourth-order valence-corrected chi connectivity index (χ4v) is 3.48. The summed E-state index contributed by atoms with van der Waals surface area (Å²) < 4.78 is 14.6. The zero-order valence-corrected chi connectivity index (χ0v) is 17.2. The van der Waals surface area contributed by atoms with Gasteiger partial charge < -0.3 is 5.32 Å². The lowest BCUT2D eigenvalue weighted by atomic mass is 9.95. The van der Waals surface area contributed by atoms with Gasteiger partial charge in [0.15, 0.2) is 0 Å². The first-order valence-electron chi connectivity index (χ1n) is 9.44. The van der Waals surface area contributed by atoms with Crippen LogP contribution in [0.2, 0.25) is 5.02 Å². The molecule has 0 atom stereocenters. The van der Waals surface area contributed by atoms with Crippen molar-refractivity contribution in [1.29, 1.82) is 0 Å². The number of hydrogen-bond acceptors (Lipinski definition) is 3. The number of benzene rings is 3. The van der Waals surface area contributed by atoms with Gasteiger partial charge in [0.05, 0.1) is 10.7 Å². The number of hydrogen-bond donors (Lipinski definition) is 1. The van der Waals surface area contributed by atoms with E-state index in [9.17, 15) is 14.0 Å². The van der Waals surface area contributed by atoms with Gasteiger partial charge in [-0.2, -0.15) is 5.10 Å². The molecule has 0 unspecified atom stereocenters. The van der Waals surface area contributed by atoms with Crippen LogP contribution in [-0.4, -0.2) is 15.7 Å². The van der Waals surface area contributed by atoms with Gasteiger partial charge in [0.2, 0.25) is 0 Å². The van der Waals surface area contributed by atoms with Crippen LogP contribution in [0.3, 0.4) is 0 Å². The fraction of sp³-hybridized carbons (Fsp3) is 0.0417. The third kappa shape index (κ3) is 4.11. The molecule has 1 aromatic heterocycles. The molecule has 4 aromatic rings. The van der Waals surface area contributed by atoms with Gasteiger partial charge in [-0.1, -0.05) is 72.3 Å². The molecular weight excluding hydrogens is 417 g/mol. The van der Waals surface area contributed by atoms with Crippen LogP contribution in [-0.2, 0) is 7.05 Å². The van der Waals surface area contributed by atoms with Gasteiger partial charge >= 0.3 is 0 Å². The molecule has 0 aliphatic rings. The number of rotatable bonds is 4. The molecule has 4 rings (SSSR count). The first-order valence-corrected chi connectivity index (χ1v) is 9.82. The molecular formula is C24H17ClFN3O2. The van der Waals surface area contributed by atoms with Crippen molar-refractivity contribution in [2.45, 2.75) is 0 Å². The van der Waals surface area contributed by atoms with Crippen molar-refractivity contribution < 1.29 is 9.18 Å². The second-order valence-electron chi connectivity index (χ2n) is 6.84. The lowest BCUT2D eigenvalue weighted by Crippen LogP contribution is -2.31. The molecule has 1 heterocycles. The molecule has 0 spiro atoms. The molecule has 0 bridgehead atoms. The van der Waals surface area contributed by atoms with Crippen molar-refractivity contribution in [2.75, 3.05) is 5.32 Å². The van der Waals surface area contributed by atoms with Crippen molar-refractivity contribution >= 4 is 23.2 Å². The molecule has 3 aromatic carbocycles. The predicted octanol–water partition coefficient (Wildman–Crippen LogP) is 5.16. The maximum absolute atomic E-state index is 13.5. The quantitative estimate of drug-likeness (QED) is 0.483. The van der Waals surface area contributed by atoms with E-state index >= 15 is 0 Å². The molecule has 0 fully saturated rings. The van der Waals surface area contributed by atoms with E-state index in [2.05, 4.69) is 10.4 Å². The fourth-order valence-electron chi connectivity index (χ4n) is 3.29. The Morgan fingerprint density at radius 2 is 1.58 bits per heavy atom. The molecule has 7 heteroatoms. The third-order valence-electron chi connectivity index (χ3n) is 4.76. The second kappa shape index (κ2) is 8.53. The van der Waals surface area contributed by atoms with Gasteiger partial charge in [-0.3, -0.25) is 9.59 Å². The van der Waals surface area contributed by atoms with Crippen molar-refractivity contribution in [3.05, 3.63) is 106 Å². The number of carbonyl (C=O) groups is 1. The van der Waals surface area contributed by atoms with E-state index in [1.54, 1.807) is 0 Å². The molecule has 0 radical (unpaired) electrons. The Hall–Kier alpha value is -3.77. The van der Waals surface area contributed by atoms with Crippen LogP contribution < -0.4 is 10.9 Å². The molecule has 1 N–H and O–H groups in total. The van der Waals surface area contributed by atoms with Crippen LogP contribution in [0.1, 0.15) is 10.4 Å². The van der Waals surface area contributed by atoms with Crippen LogP contribution in [0.5, 0.6) is 0 Å². The van der Waals surface area contributed by atoms with Crippen molar-refractivity contribution in [3.8, 4) is 22.4 Å². The summed E-state index contributed by atoms with van der Waals surface area (Å²) in [6.45, 7) is 0. The van der Waals surface area contributed by atoms with E-state index in [1.165, 1.54) is 19.2 Å². The van der Waals surface area contributed by atoms with Crippen LogP contribution in [0.4, 0.5) is 10.1 Å². The topological polar surface area (TPSA) is 64.0 Å². The first kappa shape index (κ1) is 20.5. The summed E-state index contributed by atoms with van der Waals surface area (Å²) in [7, 11) is 1.50. The summed E-state index contributed by atoms with van der Waals surface area (Å²) in [6.07, 6.45) is 0. The van der Waals surface area contributed by atoms with Gasteiger partial charge in [0.25, 0.3) is 11.5 Å². The number of aryl methyl sites for hydroxylation is 1. The van der Waals surface area contributed by atoms with Gasteiger partial charge in [0, 0.05) is 23.9 Å². The number of anilines is 1. The lowest BCUT2D eigenvalue weighted by Gasteiger charge is -2.16. The Labute approximate surface area is 182 Å². The Morgan fingerprint density at radius 1 is 0.968 bits per heavy atom. The second-order valence-corrected chi connectivity index (χ2v) is 7.25. The van der Waals surface area contributed by atoms with E-state index < -0.39 is 17.3 Å². The first-order chi connectivity index (χ1) is 15.0. The largest absolute Gasteiger partial charge is 0.322 e. The summed E-state index contributed by atoms with van der Waals surface area (Å²) in [6, 6.07) is 22.3. The molecule has 31 heavy (non-hydrogen) atoms. The summed E-state index contributed by atoms with van der Waals surface area (Å²) in [5.41, 5.74) is 2.00. The zero-order valence-electron chi connectivity index (χ0n) is 16.5. The summed E-state index contributed by atoms with van der Waals surface area (Å²) in [5.74, 6) is -1.24. The van der Waals surface area contributed by atoms with Crippen molar-refractivity contribution in [1.82, 2.24) is 9.78 Å². The SMILES string of the molecule is Cn1nc(-c2ccccc2)c(-c2ccccc2)c(C(=O)Nc2ccc(F)c(Cl)c2)c1=O. The Kier molecular flexibility index (Phi) is 5.64. The van der Waals surface area contributed by atoms with Crippen LogP contribution in [0.25, 0.3) is 22.4 Å². The average molecular weight is 434 g/mol. The highest BCUT2D eigenvalue weighted by Crippen LogP contribution is 2.32. The molecule has 0 aliphatic heterocycles. The Morgan fingerprint density at radius 3 is 2.19 bits per heavy atom. The smallest absolute Gasteiger partial charge is 0.280 e. The van der Waals surface area contributed by atoms with E-state index in [0.29, 0.717) is 16.8 Å². The molecule has 1 amide bonds. The van der Waals surface area contributed by atoms with E-state index in [4.69, 9.17) is 11.6 Å². The molecule has 0 saturated heterocycles. The number of halogens is 2. The van der Waals surface area contributed by atoms with E-state index in [1.807, 2.05) is 60.7 Å². The maximum atomic E-state index is 13.5. The average Bonchev–Trinajstić information content (AvgIpc) is 2.78. The van der Waals surface area contributed by atoms with Crippen LogP contribution in [0.15, 0.2) is 83.7 Å². The lowest BCUT2D eigenvalue weighted by molar-refractivity contribution is 0.102. The van der Waals surface area contributed by atoms with Gasteiger partial charge in [-0.25, -0.2) is 9.07 Å². The summed E-state index contributed by atoms with van der Waals surface area (Å²) in [5, 5.41) is 6.97. The van der Waals surface area contributed by atoms with Gasteiger partial charge in [-0.15, -0.1) is 0 Å². The number of carbonyl (C=O) groups excluding carboxylic acids is 1. The standard InChI is InChI=1S/C24H17ClFN3O2/c1-29-24(31)21(23(30)27-17-12-13-19(26)18(25)14-17)20(15-8-4-2-5-9-15)22(28-29)16-10-6-3-7-11-16/h2-14H,1H3,(H,27,30). The number of amides is 1. The molecule has 0 saturated carbocycles. The maximum Gasteiger partial charge on any atom is 0.280 e. The Balaban J connectivity index is 1.94.